The highest BCUT2D eigenvalue weighted by Gasteiger charge is 2.22. The van der Waals surface area contributed by atoms with E-state index in [4.69, 9.17) is 10.5 Å². The quantitative estimate of drug-likeness (QED) is 0.840. The molecule has 0 fully saturated rings. The van der Waals surface area contributed by atoms with Crippen molar-refractivity contribution in [2.75, 3.05) is 20.2 Å². The molecule has 1 aromatic rings. The molecular weight excluding hydrogens is 295 g/mol. The fourth-order valence-corrected chi connectivity index (χ4v) is 1.72. The van der Waals surface area contributed by atoms with Gasteiger partial charge in [0, 0.05) is 7.05 Å². The summed E-state index contributed by atoms with van der Waals surface area (Å²) in [7, 11) is 1.68. The van der Waals surface area contributed by atoms with Gasteiger partial charge in [-0.1, -0.05) is 32.4 Å². The third-order valence-electron chi connectivity index (χ3n) is 3.44. The summed E-state index contributed by atoms with van der Waals surface area (Å²) < 4.78 is 18.6. The van der Waals surface area contributed by atoms with Gasteiger partial charge in [0.1, 0.15) is 6.61 Å². The minimum Gasteiger partial charge on any atom is -0.489 e. The highest BCUT2D eigenvalue weighted by molar-refractivity contribution is 5.85. The fourth-order valence-electron chi connectivity index (χ4n) is 1.72. The van der Waals surface area contributed by atoms with Gasteiger partial charge in [0.2, 0.25) is 5.91 Å². The van der Waals surface area contributed by atoms with Gasteiger partial charge in [-0.2, -0.15) is 0 Å². The second-order valence-electron chi connectivity index (χ2n) is 4.95. The van der Waals surface area contributed by atoms with Crippen LogP contribution in [-0.4, -0.2) is 37.0 Å². The minimum absolute atomic E-state index is 0. The van der Waals surface area contributed by atoms with E-state index in [2.05, 4.69) is 0 Å². The van der Waals surface area contributed by atoms with Crippen molar-refractivity contribution in [1.82, 2.24) is 4.90 Å². The zero-order valence-corrected chi connectivity index (χ0v) is 13.5. The van der Waals surface area contributed by atoms with Crippen molar-refractivity contribution in [1.29, 1.82) is 0 Å². The number of carbonyl (C=O) groups excluding carboxylic acids is 1. The van der Waals surface area contributed by atoms with Crippen LogP contribution in [0.1, 0.15) is 20.3 Å². The first-order chi connectivity index (χ1) is 9.47. The molecule has 0 aliphatic rings. The van der Waals surface area contributed by atoms with Crippen molar-refractivity contribution in [3.05, 3.63) is 30.1 Å². The number of amides is 1. The fraction of sp³-hybridized carbons (Fsp3) is 0.533. The summed E-state index contributed by atoms with van der Waals surface area (Å²) in [5, 5.41) is 0. The van der Waals surface area contributed by atoms with Crippen molar-refractivity contribution < 1.29 is 13.9 Å². The average Bonchev–Trinajstić information content (AvgIpc) is 2.46. The molecule has 0 aromatic heterocycles. The van der Waals surface area contributed by atoms with Crippen LogP contribution in [-0.2, 0) is 4.79 Å². The maximum Gasteiger partial charge on any atom is 0.239 e. The summed E-state index contributed by atoms with van der Waals surface area (Å²) in [6, 6.07) is 5.69. The number of likely N-dealkylation sites (N-methyl/N-ethyl adjacent to an activating group) is 1. The molecule has 0 saturated carbocycles. The molecule has 0 radical (unpaired) electrons. The van der Waals surface area contributed by atoms with Crippen LogP contribution in [0.3, 0.4) is 0 Å². The second-order valence-corrected chi connectivity index (χ2v) is 4.95. The number of benzene rings is 1. The number of nitrogens with two attached hydrogens (primary N) is 1. The van der Waals surface area contributed by atoms with Gasteiger partial charge < -0.3 is 15.4 Å². The standard InChI is InChI=1S/C15H23FN2O2.ClH/c1-4-11(2)14(17)15(19)18(3)9-10-20-13-8-6-5-7-12(13)16;/h5-8,11,14H,4,9-10,17H2,1-3H3;1H. The van der Waals surface area contributed by atoms with Gasteiger partial charge in [0.15, 0.2) is 11.6 Å². The average molecular weight is 319 g/mol. The molecule has 2 atom stereocenters. The molecule has 1 rings (SSSR count). The van der Waals surface area contributed by atoms with Gasteiger partial charge in [-0.05, 0) is 18.1 Å². The number of para-hydroxylation sites is 1. The molecule has 1 aromatic carbocycles. The highest BCUT2D eigenvalue weighted by atomic mass is 35.5. The zero-order chi connectivity index (χ0) is 15.1. The molecular formula is C15H24ClFN2O2. The van der Waals surface area contributed by atoms with Crippen LogP contribution in [0.5, 0.6) is 5.75 Å². The van der Waals surface area contributed by atoms with Crippen LogP contribution in [0, 0.1) is 11.7 Å². The van der Waals surface area contributed by atoms with E-state index in [9.17, 15) is 9.18 Å². The predicted octanol–water partition coefficient (Wildman–Crippen LogP) is 2.46. The summed E-state index contributed by atoms with van der Waals surface area (Å²) in [5.74, 6) is -0.189. The Morgan fingerprint density at radius 2 is 2.05 bits per heavy atom. The molecule has 2 N–H and O–H groups in total. The van der Waals surface area contributed by atoms with E-state index >= 15 is 0 Å². The van der Waals surface area contributed by atoms with Crippen LogP contribution in [0.2, 0.25) is 0 Å². The Balaban J connectivity index is 0.00000400. The zero-order valence-electron chi connectivity index (χ0n) is 12.7. The maximum absolute atomic E-state index is 13.3. The van der Waals surface area contributed by atoms with Gasteiger partial charge in [0.25, 0.3) is 0 Å². The summed E-state index contributed by atoms with van der Waals surface area (Å²) >= 11 is 0. The number of hydrogen-bond acceptors (Lipinski definition) is 3. The molecule has 4 nitrogen and oxygen atoms in total. The van der Waals surface area contributed by atoms with E-state index in [1.165, 1.54) is 11.0 Å². The number of ether oxygens (including phenoxy) is 1. The van der Waals surface area contributed by atoms with Crippen LogP contribution in [0.4, 0.5) is 4.39 Å². The SMILES string of the molecule is CCC(C)C(N)C(=O)N(C)CCOc1ccccc1F.Cl. The lowest BCUT2D eigenvalue weighted by Crippen LogP contribution is -2.46. The Labute approximate surface area is 131 Å². The summed E-state index contributed by atoms with van der Waals surface area (Å²) in [4.78, 5) is 13.5. The lowest BCUT2D eigenvalue weighted by atomic mass is 9.99. The first kappa shape index (κ1) is 19.7. The van der Waals surface area contributed by atoms with Crippen molar-refractivity contribution >= 4 is 18.3 Å². The predicted molar refractivity (Wildman–Crippen MR) is 84.2 cm³/mol. The lowest BCUT2D eigenvalue weighted by molar-refractivity contribution is -0.132. The molecule has 120 valence electrons. The first-order valence-electron chi connectivity index (χ1n) is 6.85. The van der Waals surface area contributed by atoms with Gasteiger partial charge in [-0.15, -0.1) is 12.4 Å². The van der Waals surface area contributed by atoms with Crippen LogP contribution < -0.4 is 10.5 Å². The lowest BCUT2D eigenvalue weighted by Gasteiger charge is -2.24. The van der Waals surface area contributed by atoms with E-state index in [0.717, 1.165) is 6.42 Å². The summed E-state index contributed by atoms with van der Waals surface area (Å²) in [6.07, 6.45) is 0.854. The minimum atomic E-state index is -0.501. The molecule has 6 heteroatoms. The molecule has 0 saturated heterocycles. The Morgan fingerprint density at radius 1 is 1.43 bits per heavy atom. The van der Waals surface area contributed by atoms with Crippen molar-refractivity contribution in [3.8, 4) is 5.75 Å². The third kappa shape index (κ3) is 5.89. The van der Waals surface area contributed by atoms with E-state index in [0.29, 0.717) is 6.54 Å². The number of nitrogens with zero attached hydrogens (tertiary/aromatic N) is 1. The Kier molecular flexibility index (Phi) is 8.97. The summed E-state index contributed by atoms with van der Waals surface area (Å²) in [5.41, 5.74) is 5.89. The number of halogens is 2. The largest absolute Gasteiger partial charge is 0.489 e. The van der Waals surface area contributed by atoms with Gasteiger partial charge in [0.05, 0.1) is 12.6 Å². The van der Waals surface area contributed by atoms with Crippen molar-refractivity contribution in [2.24, 2.45) is 11.7 Å². The van der Waals surface area contributed by atoms with Gasteiger partial charge in [-0.3, -0.25) is 4.79 Å². The maximum atomic E-state index is 13.3. The number of carbonyl (C=O) groups is 1. The molecule has 0 heterocycles. The summed E-state index contributed by atoms with van der Waals surface area (Å²) in [6.45, 7) is 4.55. The van der Waals surface area contributed by atoms with Crippen LogP contribution >= 0.6 is 12.4 Å². The van der Waals surface area contributed by atoms with Crippen LogP contribution in [0.15, 0.2) is 24.3 Å². The van der Waals surface area contributed by atoms with Gasteiger partial charge >= 0.3 is 0 Å². The van der Waals surface area contributed by atoms with Gasteiger partial charge in [-0.25, -0.2) is 4.39 Å². The number of rotatable bonds is 7. The van der Waals surface area contributed by atoms with Crippen molar-refractivity contribution in [3.63, 3.8) is 0 Å². The second kappa shape index (κ2) is 9.58. The molecule has 0 spiro atoms. The highest BCUT2D eigenvalue weighted by Crippen LogP contribution is 2.15. The van der Waals surface area contributed by atoms with E-state index in [1.807, 2.05) is 13.8 Å². The molecule has 1 amide bonds. The van der Waals surface area contributed by atoms with Crippen molar-refractivity contribution in [2.45, 2.75) is 26.3 Å². The molecule has 0 aliphatic heterocycles. The molecule has 0 aliphatic carbocycles. The van der Waals surface area contributed by atoms with E-state index < -0.39 is 11.9 Å². The smallest absolute Gasteiger partial charge is 0.239 e. The van der Waals surface area contributed by atoms with Crippen LogP contribution in [0.25, 0.3) is 0 Å². The molecule has 21 heavy (non-hydrogen) atoms. The Morgan fingerprint density at radius 3 is 2.62 bits per heavy atom. The Hall–Kier alpha value is -1.33. The number of hydrogen-bond donors (Lipinski definition) is 1. The Bertz CT molecular complexity index is 445. The van der Waals surface area contributed by atoms with E-state index in [1.54, 1.807) is 25.2 Å². The molecule has 0 bridgehead atoms. The monoisotopic (exact) mass is 318 g/mol. The normalized spacial score (nSPS) is 13.0. The molecule has 2 unspecified atom stereocenters. The topological polar surface area (TPSA) is 55.6 Å². The van der Waals surface area contributed by atoms with E-state index in [-0.39, 0.29) is 36.6 Å². The third-order valence-corrected chi connectivity index (χ3v) is 3.44. The first-order valence-corrected chi connectivity index (χ1v) is 6.85.